The van der Waals surface area contributed by atoms with E-state index in [4.69, 9.17) is 21.1 Å². The van der Waals surface area contributed by atoms with Crippen molar-refractivity contribution in [1.29, 1.82) is 0 Å². The summed E-state index contributed by atoms with van der Waals surface area (Å²) in [6.07, 6.45) is 0. The van der Waals surface area contributed by atoms with Crippen molar-refractivity contribution in [2.24, 2.45) is 0 Å². The average Bonchev–Trinajstić information content (AvgIpc) is 2.47. The summed E-state index contributed by atoms with van der Waals surface area (Å²) in [5.41, 5.74) is 2.12. The lowest BCUT2D eigenvalue weighted by Crippen LogP contribution is -1.97. The van der Waals surface area contributed by atoms with Crippen LogP contribution in [0.2, 0.25) is 0 Å². The summed E-state index contributed by atoms with van der Waals surface area (Å²) in [5.74, 6) is 2.16. The molecule has 0 bridgehead atoms. The molecular weight excluding hydrogens is 328 g/mol. The van der Waals surface area contributed by atoms with E-state index in [0.717, 1.165) is 27.1 Å². The van der Waals surface area contributed by atoms with Gasteiger partial charge in [-0.25, -0.2) is 0 Å². The fourth-order valence-electron chi connectivity index (χ4n) is 1.62. The Bertz CT molecular complexity index is 540. The molecule has 0 aliphatic heterocycles. The number of alkyl halides is 1. The Kier molecular flexibility index (Phi) is 5.11. The molecule has 0 saturated heterocycles. The Hall–Kier alpha value is -1.19. The summed E-state index contributed by atoms with van der Waals surface area (Å²) in [7, 11) is 1.65. The van der Waals surface area contributed by atoms with Crippen molar-refractivity contribution in [1.82, 2.24) is 0 Å². The van der Waals surface area contributed by atoms with Crippen molar-refractivity contribution in [3.05, 3.63) is 58.1 Å². The highest BCUT2D eigenvalue weighted by Gasteiger charge is 2.03. The number of hydrogen-bond acceptors (Lipinski definition) is 2. The predicted octanol–water partition coefficient (Wildman–Crippen LogP) is 4.78. The molecule has 2 aromatic rings. The summed E-state index contributed by atoms with van der Waals surface area (Å²) in [5, 5.41) is 0. The van der Waals surface area contributed by atoms with Gasteiger partial charge in [-0.2, -0.15) is 0 Å². The van der Waals surface area contributed by atoms with E-state index in [1.807, 2.05) is 42.5 Å². The second kappa shape index (κ2) is 6.83. The van der Waals surface area contributed by atoms with E-state index in [1.165, 1.54) is 0 Å². The van der Waals surface area contributed by atoms with Crippen LogP contribution in [0.3, 0.4) is 0 Å². The number of benzene rings is 2. The fraction of sp³-hybridized carbons (Fsp3) is 0.200. The molecule has 0 atom stereocenters. The molecule has 19 heavy (non-hydrogen) atoms. The Morgan fingerprint density at radius 1 is 1.05 bits per heavy atom. The zero-order valence-electron chi connectivity index (χ0n) is 10.5. The molecule has 100 valence electrons. The van der Waals surface area contributed by atoms with Crippen molar-refractivity contribution in [2.45, 2.75) is 12.5 Å². The highest BCUT2D eigenvalue weighted by atomic mass is 79.9. The molecule has 0 heterocycles. The monoisotopic (exact) mass is 340 g/mol. The standard InChI is InChI=1S/C15H14BrClO2/c1-18-14-6-7-15(16)12(8-14)10-19-13-4-2-11(9-17)3-5-13/h2-8H,9-10H2,1H3. The largest absolute Gasteiger partial charge is 0.497 e. The second-order valence-corrected chi connectivity index (χ2v) is 5.15. The number of ether oxygens (including phenoxy) is 2. The number of halogens is 2. The van der Waals surface area contributed by atoms with Crippen LogP contribution in [-0.4, -0.2) is 7.11 Å². The van der Waals surface area contributed by atoms with E-state index >= 15 is 0 Å². The van der Waals surface area contributed by atoms with Gasteiger partial charge in [-0.3, -0.25) is 0 Å². The third-order valence-electron chi connectivity index (χ3n) is 2.72. The van der Waals surface area contributed by atoms with Gasteiger partial charge in [0.25, 0.3) is 0 Å². The Morgan fingerprint density at radius 3 is 2.37 bits per heavy atom. The van der Waals surface area contributed by atoms with Crippen molar-refractivity contribution >= 4 is 27.5 Å². The van der Waals surface area contributed by atoms with Gasteiger partial charge in [0.05, 0.1) is 7.11 Å². The summed E-state index contributed by atoms with van der Waals surface area (Å²) in [6.45, 7) is 0.484. The Balaban J connectivity index is 2.05. The third kappa shape index (κ3) is 3.88. The van der Waals surface area contributed by atoms with Crippen LogP contribution in [0.4, 0.5) is 0 Å². The smallest absolute Gasteiger partial charge is 0.119 e. The van der Waals surface area contributed by atoms with Crippen LogP contribution in [0.15, 0.2) is 46.9 Å². The van der Waals surface area contributed by atoms with Gasteiger partial charge in [-0.05, 0) is 35.9 Å². The SMILES string of the molecule is COc1ccc(Br)c(COc2ccc(CCl)cc2)c1. The summed E-state index contributed by atoms with van der Waals surface area (Å²) in [6, 6.07) is 13.6. The molecule has 0 fully saturated rings. The molecule has 0 saturated carbocycles. The van der Waals surface area contributed by atoms with Gasteiger partial charge in [-0.1, -0.05) is 28.1 Å². The Labute approximate surface area is 126 Å². The first-order valence-electron chi connectivity index (χ1n) is 5.83. The molecule has 0 aliphatic rings. The molecular formula is C15H14BrClO2. The maximum atomic E-state index is 5.75. The average molecular weight is 342 g/mol. The number of rotatable bonds is 5. The predicted molar refractivity (Wildman–Crippen MR) is 81.0 cm³/mol. The maximum absolute atomic E-state index is 5.75. The molecule has 0 aromatic heterocycles. The van der Waals surface area contributed by atoms with Gasteiger partial charge in [0.1, 0.15) is 18.1 Å². The molecule has 0 N–H and O–H groups in total. The lowest BCUT2D eigenvalue weighted by Gasteiger charge is -2.10. The second-order valence-electron chi connectivity index (χ2n) is 4.02. The molecule has 0 radical (unpaired) electrons. The van der Waals surface area contributed by atoms with Crippen molar-refractivity contribution in [3.8, 4) is 11.5 Å². The first-order chi connectivity index (χ1) is 9.22. The minimum absolute atomic E-state index is 0.484. The number of hydrogen-bond donors (Lipinski definition) is 0. The molecule has 0 spiro atoms. The van der Waals surface area contributed by atoms with Crippen LogP contribution in [0.1, 0.15) is 11.1 Å². The van der Waals surface area contributed by atoms with Crippen molar-refractivity contribution in [2.75, 3.05) is 7.11 Å². The zero-order valence-corrected chi connectivity index (χ0v) is 12.9. The molecule has 4 heteroatoms. The topological polar surface area (TPSA) is 18.5 Å². The molecule has 0 aliphatic carbocycles. The molecule has 2 nitrogen and oxygen atoms in total. The van der Waals surface area contributed by atoms with Gasteiger partial charge >= 0.3 is 0 Å². The van der Waals surface area contributed by atoms with E-state index in [9.17, 15) is 0 Å². The molecule has 0 unspecified atom stereocenters. The van der Waals surface area contributed by atoms with Crippen molar-refractivity contribution < 1.29 is 9.47 Å². The van der Waals surface area contributed by atoms with Crippen LogP contribution >= 0.6 is 27.5 Å². The van der Waals surface area contributed by atoms with Crippen LogP contribution in [0.5, 0.6) is 11.5 Å². The summed E-state index contributed by atoms with van der Waals surface area (Å²) >= 11 is 9.25. The first-order valence-corrected chi connectivity index (χ1v) is 7.16. The van der Waals surface area contributed by atoms with Crippen LogP contribution in [0.25, 0.3) is 0 Å². The lowest BCUT2D eigenvalue weighted by atomic mass is 10.2. The highest BCUT2D eigenvalue weighted by Crippen LogP contribution is 2.24. The van der Waals surface area contributed by atoms with E-state index in [-0.39, 0.29) is 0 Å². The lowest BCUT2D eigenvalue weighted by molar-refractivity contribution is 0.304. The normalized spacial score (nSPS) is 10.3. The highest BCUT2D eigenvalue weighted by molar-refractivity contribution is 9.10. The summed E-state index contributed by atoms with van der Waals surface area (Å²) in [4.78, 5) is 0. The van der Waals surface area contributed by atoms with Crippen molar-refractivity contribution in [3.63, 3.8) is 0 Å². The molecule has 0 amide bonds. The van der Waals surface area contributed by atoms with Gasteiger partial charge in [0.2, 0.25) is 0 Å². The zero-order chi connectivity index (χ0) is 13.7. The van der Waals surface area contributed by atoms with Gasteiger partial charge < -0.3 is 9.47 Å². The van der Waals surface area contributed by atoms with E-state index in [0.29, 0.717) is 12.5 Å². The van der Waals surface area contributed by atoms with E-state index in [1.54, 1.807) is 7.11 Å². The van der Waals surface area contributed by atoms with Crippen LogP contribution < -0.4 is 9.47 Å². The third-order valence-corrected chi connectivity index (χ3v) is 3.81. The first kappa shape index (κ1) is 14.2. The van der Waals surface area contributed by atoms with E-state index in [2.05, 4.69) is 15.9 Å². The minimum Gasteiger partial charge on any atom is -0.497 e. The quantitative estimate of drug-likeness (QED) is 0.729. The van der Waals surface area contributed by atoms with Gasteiger partial charge in [0.15, 0.2) is 0 Å². The number of methoxy groups -OCH3 is 1. The molecule has 2 aromatic carbocycles. The van der Waals surface area contributed by atoms with Gasteiger partial charge in [-0.15, -0.1) is 11.6 Å². The van der Waals surface area contributed by atoms with Crippen LogP contribution in [0, 0.1) is 0 Å². The van der Waals surface area contributed by atoms with Gasteiger partial charge in [0, 0.05) is 15.9 Å². The maximum Gasteiger partial charge on any atom is 0.119 e. The molecule has 2 rings (SSSR count). The fourth-order valence-corrected chi connectivity index (χ4v) is 2.16. The summed E-state index contributed by atoms with van der Waals surface area (Å²) < 4.78 is 11.9. The van der Waals surface area contributed by atoms with Crippen LogP contribution in [-0.2, 0) is 12.5 Å². The van der Waals surface area contributed by atoms with E-state index < -0.39 is 0 Å². The minimum atomic E-state index is 0.484. The Morgan fingerprint density at radius 2 is 1.74 bits per heavy atom.